The minimum atomic E-state index is 0.344. The summed E-state index contributed by atoms with van der Waals surface area (Å²) in [5.74, 6) is 0. The lowest BCUT2D eigenvalue weighted by Crippen LogP contribution is -2.15. The Morgan fingerprint density at radius 3 is 2.17 bits per heavy atom. The van der Waals surface area contributed by atoms with E-state index in [9.17, 15) is 4.79 Å². The van der Waals surface area contributed by atoms with Gasteiger partial charge >= 0.3 is 0 Å². The van der Waals surface area contributed by atoms with Gasteiger partial charge in [0.25, 0.3) is 0 Å². The molecule has 0 spiro atoms. The lowest BCUT2D eigenvalue weighted by Gasteiger charge is -2.03. The molecule has 0 bridgehead atoms. The molecule has 1 amide bonds. The molecule has 1 fully saturated rings. The molecule has 1 heterocycles. The van der Waals surface area contributed by atoms with Gasteiger partial charge in [-0.05, 0) is 19.3 Å². The first kappa shape index (κ1) is 11.4. The van der Waals surface area contributed by atoms with Gasteiger partial charge in [-0.1, -0.05) is 13.3 Å². The average molecular weight is 173 g/mol. The van der Waals surface area contributed by atoms with Crippen molar-refractivity contribution in [3.05, 3.63) is 0 Å². The Kier molecular flexibility index (Phi) is 8.12. The van der Waals surface area contributed by atoms with E-state index in [1.165, 1.54) is 12.8 Å². The van der Waals surface area contributed by atoms with Crippen LogP contribution in [0.2, 0.25) is 0 Å². The van der Waals surface area contributed by atoms with Crippen LogP contribution in [0.25, 0.3) is 0 Å². The lowest BCUT2D eigenvalue weighted by molar-refractivity contribution is -0.117. The first-order valence-electron chi connectivity index (χ1n) is 4.65. The molecule has 0 aromatic carbocycles. The summed E-state index contributed by atoms with van der Waals surface area (Å²) >= 11 is 0. The van der Waals surface area contributed by atoms with E-state index in [1.54, 1.807) is 4.90 Å². The SMILES string of the molecule is CCCCO.O=CN1CCCC1. The largest absolute Gasteiger partial charge is 0.396 e. The molecule has 3 heteroatoms. The Bertz CT molecular complexity index is 98.7. The minimum absolute atomic E-state index is 0.344. The number of likely N-dealkylation sites (tertiary alicyclic amines) is 1. The molecular formula is C9H19NO2. The number of aliphatic hydroxyl groups is 1. The zero-order valence-corrected chi connectivity index (χ0v) is 7.83. The highest BCUT2D eigenvalue weighted by atomic mass is 16.2. The molecule has 1 saturated heterocycles. The fourth-order valence-electron chi connectivity index (χ4n) is 1.01. The molecule has 1 rings (SSSR count). The van der Waals surface area contributed by atoms with E-state index >= 15 is 0 Å². The summed E-state index contributed by atoms with van der Waals surface area (Å²) in [6, 6.07) is 0. The molecule has 1 aliphatic heterocycles. The minimum Gasteiger partial charge on any atom is -0.396 e. The number of hydrogen-bond donors (Lipinski definition) is 1. The smallest absolute Gasteiger partial charge is 0.209 e. The molecule has 12 heavy (non-hydrogen) atoms. The molecule has 0 aromatic heterocycles. The Morgan fingerprint density at radius 1 is 1.42 bits per heavy atom. The Balaban J connectivity index is 0.000000217. The second-order valence-corrected chi connectivity index (χ2v) is 2.93. The van der Waals surface area contributed by atoms with Crippen LogP contribution in [-0.2, 0) is 4.79 Å². The number of amides is 1. The van der Waals surface area contributed by atoms with Gasteiger partial charge in [-0.2, -0.15) is 0 Å². The Hall–Kier alpha value is -0.570. The van der Waals surface area contributed by atoms with E-state index in [0.29, 0.717) is 6.61 Å². The van der Waals surface area contributed by atoms with E-state index < -0.39 is 0 Å². The zero-order chi connectivity index (χ0) is 9.23. The van der Waals surface area contributed by atoms with Crippen LogP contribution in [0.4, 0.5) is 0 Å². The summed E-state index contributed by atoms with van der Waals surface area (Å²) in [5, 5.41) is 8.07. The fraction of sp³-hybridized carbons (Fsp3) is 0.889. The summed E-state index contributed by atoms with van der Waals surface area (Å²) < 4.78 is 0. The van der Waals surface area contributed by atoms with Crippen LogP contribution in [0.3, 0.4) is 0 Å². The summed E-state index contributed by atoms with van der Waals surface area (Å²) in [4.78, 5) is 11.7. The molecule has 0 saturated carbocycles. The number of unbranched alkanes of at least 4 members (excludes halogenated alkanes) is 1. The van der Waals surface area contributed by atoms with Gasteiger partial charge in [0.05, 0.1) is 0 Å². The molecular weight excluding hydrogens is 154 g/mol. The predicted octanol–water partition coefficient (Wildman–Crippen LogP) is 1.02. The molecule has 0 unspecified atom stereocenters. The maximum absolute atomic E-state index is 9.93. The molecule has 0 aromatic rings. The van der Waals surface area contributed by atoms with E-state index in [4.69, 9.17) is 5.11 Å². The number of carbonyl (C=O) groups excluding carboxylic acids is 1. The van der Waals surface area contributed by atoms with Crippen LogP contribution in [0.1, 0.15) is 32.6 Å². The molecule has 1 N–H and O–H groups in total. The second kappa shape index (κ2) is 8.53. The molecule has 1 aliphatic rings. The molecule has 0 radical (unpaired) electrons. The van der Waals surface area contributed by atoms with Crippen LogP contribution in [0, 0.1) is 0 Å². The third-order valence-electron chi connectivity index (χ3n) is 1.80. The van der Waals surface area contributed by atoms with Crippen molar-refractivity contribution in [3.63, 3.8) is 0 Å². The van der Waals surface area contributed by atoms with Crippen molar-refractivity contribution >= 4 is 6.41 Å². The van der Waals surface area contributed by atoms with E-state index in [-0.39, 0.29) is 0 Å². The van der Waals surface area contributed by atoms with E-state index in [1.807, 2.05) is 0 Å². The average Bonchev–Trinajstić information content (AvgIpc) is 2.58. The normalized spacial score (nSPS) is 15.3. The van der Waals surface area contributed by atoms with Crippen LogP contribution >= 0.6 is 0 Å². The van der Waals surface area contributed by atoms with E-state index in [0.717, 1.165) is 32.3 Å². The summed E-state index contributed by atoms with van der Waals surface area (Å²) in [7, 11) is 0. The van der Waals surface area contributed by atoms with Gasteiger partial charge in [-0.25, -0.2) is 0 Å². The Morgan fingerprint density at radius 2 is 2.00 bits per heavy atom. The molecule has 0 aliphatic carbocycles. The van der Waals surface area contributed by atoms with Gasteiger partial charge in [-0.3, -0.25) is 4.79 Å². The van der Waals surface area contributed by atoms with E-state index in [2.05, 4.69) is 6.92 Å². The van der Waals surface area contributed by atoms with Crippen molar-refractivity contribution in [2.45, 2.75) is 32.6 Å². The maximum atomic E-state index is 9.93. The second-order valence-electron chi connectivity index (χ2n) is 2.93. The summed E-state index contributed by atoms with van der Waals surface area (Å²) in [5.41, 5.74) is 0. The van der Waals surface area contributed by atoms with Crippen LogP contribution < -0.4 is 0 Å². The highest BCUT2D eigenvalue weighted by Crippen LogP contribution is 2.02. The molecule has 72 valence electrons. The van der Waals surface area contributed by atoms with Gasteiger partial charge in [0.1, 0.15) is 0 Å². The lowest BCUT2D eigenvalue weighted by atomic mass is 10.4. The van der Waals surface area contributed by atoms with Crippen molar-refractivity contribution < 1.29 is 9.90 Å². The number of carbonyl (C=O) groups is 1. The number of hydrogen-bond acceptors (Lipinski definition) is 2. The van der Waals surface area contributed by atoms with Crippen molar-refractivity contribution in [2.75, 3.05) is 19.7 Å². The first-order chi connectivity index (χ1) is 5.85. The zero-order valence-electron chi connectivity index (χ0n) is 7.83. The molecule has 0 atom stereocenters. The van der Waals surface area contributed by atoms with Crippen molar-refractivity contribution in [1.82, 2.24) is 4.90 Å². The third kappa shape index (κ3) is 6.16. The third-order valence-corrected chi connectivity index (χ3v) is 1.80. The topological polar surface area (TPSA) is 40.5 Å². The van der Waals surface area contributed by atoms with Crippen LogP contribution in [0.5, 0.6) is 0 Å². The van der Waals surface area contributed by atoms with Crippen molar-refractivity contribution in [3.8, 4) is 0 Å². The number of nitrogens with zero attached hydrogens (tertiary/aromatic N) is 1. The standard InChI is InChI=1S/C5H9NO.C4H10O/c7-5-6-3-1-2-4-6;1-2-3-4-5/h5H,1-4H2;5H,2-4H2,1H3. The Labute approximate surface area is 74.4 Å². The summed E-state index contributed by atoms with van der Waals surface area (Å²) in [6.07, 6.45) is 5.35. The highest BCUT2D eigenvalue weighted by Gasteiger charge is 2.06. The monoisotopic (exact) mass is 173 g/mol. The maximum Gasteiger partial charge on any atom is 0.209 e. The van der Waals surface area contributed by atoms with Gasteiger partial charge in [-0.15, -0.1) is 0 Å². The van der Waals surface area contributed by atoms with Crippen LogP contribution in [-0.4, -0.2) is 36.1 Å². The molecule has 3 nitrogen and oxygen atoms in total. The van der Waals surface area contributed by atoms with Gasteiger partial charge in [0, 0.05) is 19.7 Å². The van der Waals surface area contributed by atoms with Crippen molar-refractivity contribution in [2.24, 2.45) is 0 Å². The quantitative estimate of drug-likeness (QED) is 0.647. The van der Waals surface area contributed by atoms with Gasteiger partial charge in [0.15, 0.2) is 0 Å². The number of rotatable bonds is 3. The predicted molar refractivity (Wildman–Crippen MR) is 48.9 cm³/mol. The number of aliphatic hydroxyl groups excluding tert-OH is 1. The highest BCUT2D eigenvalue weighted by molar-refractivity contribution is 5.47. The van der Waals surface area contributed by atoms with Gasteiger partial charge in [0.2, 0.25) is 6.41 Å². The summed E-state index contributed by atoms with van der Waals surface area (Å²) in [6.45, 7) is 4.35. The fourth-order valence-corrected chi connectivity index (χ4v) is 1.01. The first-order valence-corrected chi connectivity index (χ1v) is 4.65. The van der Waals surface area contributed by atoms with Crippen molar-refractivity contribution in [1.29, 1.82) is 0 Å². The van der Waals surface area contributed by atoms with Gasteiger partial charge < -0.3 is 10.0 Å². The van der Waals surface area contributed by atoms with Crippen LogP contribution in [0.15, 0.2) is 0 Å².